The van der Waals surface area contributed by atoms with Gasteiger partial charge in [0.05, 0.1) is 5.52 Å². The van der Waals surface area contributed by atoms with Crippen molar-refractivity contribution >= 4 is 29.1 Å². The maximum absolute atomic E-state index is 5.38. The summed E-state index contributed by atoms with van der Waals surface area (Å²) in [5.41, 5.74) is 1.98. The van der Waals surface area contributed by atoms with E-state index < -0.39 is 0 Å². The van der Waals surface area contributed by atoms with Crippen molar-refractivity contribution in [1.29, 1.82) is 0 Å². The molecule has 0 fully saturated rings. The lowest BCUT2D eigenvalue weighted by Gasteiger charge is -2.11. The fraction of sp³-hybridized carbons (Fsp3) is 0.263. The zero-order valence-electron chi connectivity index (χ0n) is 13.7. The summed E-state index contributed by atoms with van der Waals surface area (Å²) in [5, 5.41) is 4.47. The molecule has 0 saturated carbocycles. The van der Waals surface area contributed by atoms with Crippen molar-refractivity contribution in [2.45, 2.75) is 13.3 Å². The van der Waals surface area contributed by atoms with E-state index in [0.29, 0.717) is 0 Å². The lowest BCUT2D eigenvalue weighted by molar-refractivity contribution is 0.147. The van der Waals surface area contributed by atoms with Crippen LogP contribution >= 0.6 is 12.4 Å². The SMILES string of the molecule is CCOCCCNc1nc(-c2ccccc2)nc2ccccc12.Cl. The third-order valence-electron chi connectivity index (χ3n) is 3.60. The Morgan fingerprint density at radius 2 is 1.71 bits per heavy atom. The standard InChI is InChI=1S/C19H21N3O.ClH/c1-2-23-14-8-13-20-19-16-11-6-7-12-17(16)21-18(22-19)15-9-4-3-5-10-15;/h3-7,9-12H,2,8,13-14H2,1H3,(H,20,21,22);1H. The van der Waals surface area contributed by atoms with Crippen LogP contribution in [0.3, 0.4) is 0 Å². The molecule has 1 heterocycles. The number of para-hydroxylation sites is 1. The second kappa shape index (κ2) is 9.21. The Morgan fingerprint density at radius 1 is 0.958 bits per heavy atom. The van der Waals surface area contributed by atoms with E-state index >= 15 is 0 Å². The predicted octanol–water partition coefficient (Wildman–Crippen LogP) is 4.56. The van der Waals surface area contributed by atoms with E-state index in [2.05, 4.69) is 16.4 Å². The highest BCUT2D eigenvalue weighted by Gasteiger charge is 2.08. The molecule has 1 aromatic heterocycles. The number of nitrogens with one attached hydrogen (secondary N) is 1. The van der Waals surface area contributed by atoms with Crippen molar-refractivity contribution < 1.29 is 4.74 Å². The summed E-state index contributed by atoms with van der Waals surface area (Å²) in [6.07, 6.45) is 0.951. The molecule has 24 heavy (non-hydrogen) atoms. The number of nitrogens with zero attached hydrogens (tertiary/aromatic N) is 2. The molecule has 0 unspecified atom stereocenters. The van der Waals surface area contributed by atoms with E-state index in [1.54, 1.807) is 0 Å². The van der Waals surface area contributed by atoms with Gasteiger partial charge in [-0.3, -0.25) is 0 Å². The normalized spacial score (nSPS) is 10.4. The first kappa shape index (κ1) is 18.2. The first-order valence-corrected chi connectivity index (χ1v) is 8.02. The summed E-state index contributed by atoms with van der Waals surface area (Å²) in [4.78, 5) is 9.41. The number of ether oxygens (including phenoxy) is 1. The largest absolute Gasteiger partial charge is 0.382 e. The molecule has 0 atom stereocenters. The molecule has 1 N–H and O–H groups in total. The van der Waals surface area contributed by atoms with Crippen LogP contribution in [0.15, 0.2) is 54.6 Å². The van der Waals surface area contributed by atoms with E-state index in [4.69, 9.17) is 9.72 Å². The number of anilines is 1. The minimum atomic E-state index is 0. The van der Waals surface area contributed by atoms with E-state index in [1.165, 1.54) is 0 Å². The Kier molecular flexibility index (Phi) is 6.97. The second-order valence-corrected chi connectivity index (χ2v) is 5.26. The van der Waals surface area contributed by atoms with Crippen LogP contribution in [0.1, 0.15) is 13.3 Å². The summed E-state index contributed by atoms with van der Waals surface area (Å²) in [7, 11) is 0. The lowest BCUT2D eigenvalue weighted by atomic mass is 10.2. The molecule has 0 aliphatic carbocycles. The Bertz CT molecular complexity index is 765. The average molecular weight is 344 g/mol. The first-order chi connectivity index (χ1) is 11.4. The minimum Gasteiger partial charge on any atom is -0.382 e. The highest BCUT2D eigenvalue weighted by atomic mass is 35.5. The van der Waals surface area contributed by atoms with Gasteiger partial charge in [-0.1, -0.05) is 42.5 Å². The average Bonchev–Trinajstić information content (AvgIpc) is 2.62. The molecule has 4 nitrogen and oxygen atoms in total. The number of rotatable bonds is 7. The Hall–Kier alpha value is -2.17. The molecule has 0 aliphatic heterocycles. The third-order valence-corrected chi connectivity index (χ3v) is 3.60. The van der Waals surface area contributed by atoms with Crippen molar-refractivity contribution in [3.63, 3.8) is 0 Å². The molecule has 126 valence electrons. The van der Waals surface area contributed by atoms with Gasteiger partial charge in [0.1, 0.15) is 5.82 Å². The molecule has 0 radical (unpaired) electrons. The van der Waals surface area contributed by atoms with Gasteiger partial charge in [0.25, 0.3) is 0 Å². The molecular weight excluding hydrogens is 322 g/mol. The topological polar surface area (TPSA) is 47.0 Å². The molecule has 3 aromatic rings. The van der Waals surface area contributed by atoms with Gasteiger partial charge in [0, 0.05) is 30.7 Å². The maximum Gasteiger partial charge on any atom is 0.162 e. The fourth-order valence-electron chi connectivity index (χ4n) is 2.45. The van der Waals surface area contributed by atoms with Crippen LogP contribution in [-0.4, -0.2) is 29.7 Å². The Balaban J connectivity index is 0.00000208. The molecular formula is C19H22ClN3O. The van der Waals surface area contributed by atoms with Gasteiger partial charge in [0.2, 0.25) is 0 Å². The van der Waals surface area contributed by atoms with Gasteiger partial charge >= 0.3 is 0 Å². The Labute approximate surface area is 148 Å². The number of fused-ring (bicyclic) bond motifs is 1. The van der Waals surface area contributed by atoms with Crippen LogP contribution in [0.4, 0.5) is 5.82 Å². The highest BCUT2D eigenvalue weighted by Crippen LogP contribution is 2.24. The van der Waals surface area contributed by atoms with Crippen molar-refractivity contribution in [2.24, 2.45) is 0 Å². The zero-order valence-corrected chi connectivity index (χ0v) is 14.6. The molecule has 5 heteroatoms. The lowest BCUT2D eigenvalue weighted by Crippen LogP contribution is -2.08. The van der Waals surface area contributed by atoms with Crippen molar-refractivity contribution in [2.75, 3.05) is 25.1 Å². The van der Waals surface area contributed by atoms with Gasteiger partial charge in [0.15, 0.2) is 5.82 Å². The van der Waals surface area contributed by atoms with E-state index in [9.17, 15) is 0 Å². The van der Waals surface area contributed by atoms with E-state index in [1.807, 2.05) is 55.5 Å². The quantitative estimate of drug-likeness (QED) is 0.639. The number of benzene rings is 2. The minimum absolute atomic E-state index is 0. The molecule has 0 amide bonds. The van der Waals surface area contributed by atoms with Crippen LogP contribution in [0.2, 0.25) is 0 Å². The van der Waals surface area contributed by atoms with Gasteiger partial charge in [-0.15, -0.1) is 12.4 Å². The van der Waals surface area contributed by atoms with Crippen LogP contribution in [0.5, 0.6) is 0 Å². The molecule has 0 saturated heterocycles. The second-order valence-electron chi connectivity index (χ2n) is 5.26. The summed E-state index contributed by atoms with van der Waals surface area (Å²) >= 11 is 0. The van der Waals surface area contributed by atoms with Crippen LogP contribution < -0.4 is 5.32 Å². The number of hydrogen-bond donors (Lipinski definition) is 1. The Morgan fingerprint density at radius 3 is 2.50 bits per heavy atom. The first-order valence-electron chi connectivity index (χ1n) is 8.02. The van der Waals surface area contributed by atoms with Crippen molar-refractivity contribution in [1.82, 2.24) is 9.97 Å². The van der Waals surface area contributed by atoms with E-state index in [-0.39, 0.29) is 12.4 Å². The molecule has 0 aliphatic rings. The number of aromatic nitrogens is 2. The summed E-state index contributed by atoms with van der Waals surface area (Å²) < 4.78 is 5.38. The van der Waals surface area contributed by atoms with Crippen LogP contribution in [-0.2, 0) is 4.74 Å². The highest BCUT2D eigenvalue weighted by molar-refractivity contribution is 5.90. The smallest absolute Gasteiger partial charge is 0.162 e. The monoisotopic (exact) mass is 343 g/mol. The maximum atomic E-state index is 5.38. The van der Waals surface area contributed by atoms with Crippen molar-refractivity contribution in [3.8, 4) is 11.4 Å². The number of halogens is 1. The van der Waals surface area contributed by atoms with Gasteiger partial charge in [-0.05, 0) is 25.5 Å². The summed E-state index contributed by atoms with van der Waals surface area (Å²) in [5.74, 6) is 1.63. The van der Waals surface area contributed by atoms with Gasteiger partial charge < -0.3 is 10.1 Å². The molecule has 0 bridgehead atoms. The van der Waals surface area contributed by atoms with Crippen molar-refractivity contribution in [3.05, 3.63) is 54.6 Å². The van der Waals surface area contributed by atoms with Crippen LogP contribution in [0, 0.1) is 0 Å². The van der Waals surface area contributed by atoms with Crippen LogP contribution in [0.25, 0.3) is 22.3 Å². The molecule has 2 aromatic carbocycles. The van der Waals surface area contributed by atoms with Gasteiger partial charge in [-0.2, -0.15) is 0 Å². The number of hydrogen-bond acceptors (Lipinski definition) is 4. The predicted molar refractivity (Wildman–Crippen MR) is 102 cm³/mol. The van der Waals surface area contributed by atoms with Gasteiger partial charge in [-0.25, -0.2) is 9.97 Å². The molecule has 0 spiro atoms. The summed E-state index contributed by atoms with van der Waals surface area (Å²) in [6, 6.07) is 18.2. The summed E-state index contributed by atoms with van der Waals surface area (Å²) in [6.45, 7) is 4.36. The van der Waals surface area contributed by atoms with E-state index in [0.717, 1.165) is 54.3 Å². The zero-order chi connectivity index (χ0) is 15.9. The molecule has 3 rings (SSSR count). The third kappa shape index (κ3) is 4.43. The fourth-order valence-corrected chi connectivity index (χ4v) is 2.45.